The van der Waals surface area contributed by atoms with Crippen molar-refractivity contribution in [2.75, 3.05) is 12.4 Å². The minimum absolute atomic E-state index is 0. The summed E-state index contributed by atoms with van der Waals surface area (Å²) >= 11 is 0. The fourth-order valence-electron chi connectivity index (χ4n) is 3.24. The molecule has 0 spiro atoms. The minimum atomic E-state index is -0.0827. The maximum absolute atomic E-state index is 12.5. The van der Waals surface area contributed by atoms with Gasteiger partial charge in [-0.3, -0.25) is 9.69 Å². The lowest BCUT2D eigenvalue weighted by atomic mass is 9.84. The average Bonchev–Trinajstić information content (AvgIpc) is 2.54. The number of carbonyl (C=O) groups is 1. The molecule has 1 aliphatic heterocycles. The van der Waals surface area contributed by atoms with Gasteiger partial charge in [0.1, 0.15) is 11.2 Å². The summed E-state index contributed by atoms with van der Waals surface area (Å²) < 4.78 is 0. The topological polar surface area (TPSA) is 33.5 Å². The highest BCUT2D eigenvalue weighted by Crippen LogP contribution is 2.25. The molecule has 2 aromatic carbocycles. The number of rotatable bonds is 2. The minimum Gasteiger partial charge on any atom is -1.00 e. The van der Waals surface area contributed by atoms with Gasteiger partial charge in [0, 0.05) is 17.7 Å². The van der Waals surface area contributed by atoms with Gasteiger partial charge >= 0.3 is 0 Å². The van der Waals surface area contributed by atoms with Crippen LogP contribution in [0.3, 0.4) is 0 Å². The molecule has 0 saturated heterocycles. The Hall–Kier alpha value is -2.10. The molecule has 1 unspecified atom stereocenters. The Balaban J connectivity index is 0.00000225. The van der Waals surface area contributed by atoms with Gasteiger partial charge in [0.2, 0.25) is 0 Å². The third-order valence-electron chi connectivity index (χ3n) is 4.95. The Labute approximate surface area is 156 Å². The first-order chi connectivity index (χ1) is 11.4. The molecular weight excluding hydrogens is 332 g/mol. The Morgan fingerprint density at radius 1 is 1.12 bits per heavy atom. The van der Waals surface area contributed by atoms with Crippen LogP contribution in [0.4, 0.5) is 5.69 Å². The van der Waals surface area contributed by atoms with E-state index in [-0.39, 0.29) is 23.9 Å². The van der Waals surface area contributed by atoms with E-state index >= 15 is 0 Å². The third kappa shape index (κ3) is 4.12. The van der Waals surface area contributed by atoms with Crippen LogP contribution in [0.2, 0.25) is 0 Å². The molecule has 0 fully saturated rings. The van der Waals surface area contributed by atoms with Gasteiger partial charge in [-0.1, -0.05) is 35.9 Å². The van der Waals surface area contributed by atoms with E-state index in [0.717, 1.165) is 17.8 Å². The molecule has 2 N–H and O–H groups in total. The van der Waals surface area contributed by atoms with E-state index in [0.29, 0.717) is 0 Å². The van der Waals surface area contributed by atoms with E-state index in [9.17, 15) is 4.79 Å². The zero-order valence-corrected chi connectivity index (χ0v) is 15.9. The third-order valence-corrected chi connectivity index (χ3v) is 4.95. The number of likely N-dealkylation sites (N-methyl/N-ethyl adjacent to an activating group) is 1. The van der Waals surface area contributed by atoms with Crippen molar-refractivity contribution < 1.29 is 22.1 Å². The van der Waals surface area contributed by atoms with Crippen LogP contribution in [0.25, 0.3) is 5.70 Å². The zero-order chi connectivity index (χ0) is 17.3. The highest BCUT2D eigenvalue weighted by Gasteiger charge is 2.38. The Morgan fingerprint density at radius 3 is 2.44 bits per heavy atom. The fraction of sp³-hybridized carbons (Fsp3) is 0.286. The van der Waals surface area contributed by atoms with Crippen molar-refractivity contribution in [3.05, 3.63) is 71.3 Å². The van der Waals surface area contributed by atoms with Crippen molar-refractivity contribution >= 4 is 17.3 Å². The maximum Gasteiger partial charge on any atom is 0.254 e. The van der Waals surface area contributed by atoms with Crippen LogP contribution in [-0.2, 0) is 11.2 Å². The molecule has 3 rings (SSSR count). The first kappa shape index (κ1) is 19.2. The standard InChI is InChI=1S/C21H24N2O.ClH/c1-15-9-11-17(12-10-15)22-20(24)13-19-18-8-6-5-7-16(18)14-21(2,3)23(19)4;/h5-13H,14H2,1-4H3,(H,22,24);1H. The molecule has 0 saturated carbocycles. The van der Waals surface area contributed by atoms with E-state index in [1.807, 2.05) is 37.3 Å². The van der Waals surface area contributed by atoms with Crippen LogP contribution in [-0.4, -0.2) is 18.5 Å². The molecule has 1 atom stereocenters. The van der Waals surface area contributed by atoms with Crippen LogP contribution in [0.15, 0.2) is 54.6 Å². The molecule has 1 heterocycles. The summed E-state index contributed by atoms with van der Waals surface area (Å²) in [6.45, 7) is 6.51. The molecule has 3 nitrogen and oxygen atoms in total. The molecule has 4 heteroatoms. The quantitative estimate of drug-likeness (QED) is 0.720. The fourth-order valence-corrected chi connectivity index (χ4v) is 3.24. The number of anilines is 1. The van der Waals surface area contributed by atoms with Crippen LogP contribution < -0.4 is 22.6 Å². The predicted octanol–water partition coefficient (Wildman–Crippen LogP) is -0.172. The zero-order valence-electron chi connectivity index (χ0n) is 15.2. The molecule has 1 aliphatic rings. The number of fused-ring (bicyclic) bond motifs is 1. The summed E-state index contributed by atoms with van der Waals surface area (Å²) in [7, 11) is 2.14. The summed E-state index contributed by atoms with van der Waals surface area (Å²) in [6, 6.07) is 16.2. The van der Waals surface area contributed by atoms with Gasteiger partial charge in [-0.15, -0.1) is 0 Å². The van der Waals surface area contributed by atoms with Gasteiger partial charge in [-0.2, -0.15) is 0 Å². The van der Waals surface area contributed by atoms with E-state index < -0.39 is 0 Å². The summed E-state index contributed by atoms with van der Waals surface area (Å²) in [5.74, 6) is -0.0827. The SMILES string of the molecule is Cc1ccc(NC(=O)C=C2c3ccccc3CC(C)(C)[NH+]2C)cc1.[Cl-]. The lowest BCUT2D eigenvalue weighted by molar-refractivity contribution is -0.860. The van der Waals surface area contributed by atoms with Crippen LogP contribution in [0, 0.1) is 6.92 Å². The van der Waals surface area contributed by atoms with Crippen molar-refractivity contribution in [2.45, 2.75) is 32.7 Å². The maximum atomic E-state index is 12.5. The van der Waals surface area contributed by atoms with Gasteiger partial charge in [0.25, 0.3) is 5.91 Å². The molecule has 0 aliphatic carbocycles. The largest absolute Gasteiger partial charge is 1.00 e. The monoisotopic (exact) mass is 356 g/mol. The number of halogens is 1. The van der Waals surface area contributed by atoms with Gasteiger partial charge < -0.3 is 17.7 Å². The normalized spacial score (nSPS) is 19.7. The Bertz CT molecular complexity index is 794. The van der Waals surface area contributed by atoms with Crippen LogP contribution in [0.5, 0.6) is 0 Å². The highest BCUT2D eigenvalue weighted by molar-refractivity contribution is 6.03. The summed E-state index contributed by atoms with van der Waals surface area (Å²) in [5, 5.41) is 2.97. The van der Waals surface area contributed by atoms with E-state index in [1.165, 1.54) is 21.6 Å². The number of hydrogen-bond donors (Lipinski definition) is 2. The molecule has 132 valence electrons. The molecule has 0 radical (unpaired) electrons. The molecule has 0 aromatic heterocycles. The summed E-state index contributed by atoms with van der Waals surface area (Å²) in [6.07, 6.45) is 2.75. The first-order valence-electron chi connectivity index (χ1n) is 8.39. The molecule has 25 heavy (non-hydrogen) atoms. The van der Waals surface area contributed by atoms with Crippen LogP contribution in [0.1, 0.15) is 30.5 Å². The van der Waals surface area contributed by atoms with E-state index in [1.54, 1.807) is 6.08 Å². The summed E-state index contributed by atoms with van der Waals surface area (Å²) in [5.41, 5.74) is 5.59. The van der Waals surface area contributed by atoms with E-state index in [4.69, 9.17) is 0 Å². The van der Waals surface area contributed by atoms with Crippen molar-refractivity contribution in [3.8, 4) is 0 Å². The van der Waals surface area contributed by atoms with Crippen molar-refractivity contribution in [1.82, 2.24) is 0 Å². The van der Waals surface area contributed by atoms with Gasteiger partial charge in [-0.05, 0) is 44.5 Å². The van der Waals surface area contributed by atoms with Crippen molar-refractivity contribution in [2.24, 2.45) is 0 Å². The lowest BCUT2D eigenvalue weighted by Gasteiger charge is -2.38. The summed E-state index contributed by atoms with van der Waals surface area (Å²) in [4.78, 5) is 13.8. The number of nitrogens with one attached hydrogen (secondary N) is 2. The van der Waals surface area contributed by atoms with Crippen molar-refractivity contribution in [3.63, 3.8) is 0 Å². The second kappa shape index (κ2) is 7.42. The number of amides is 1. The Morgan fingerprint density at radius 2 is 1.76 bits per heavy atom. The number of benzene rings is 2. The van der Waals surface area contributed by atoms with E-state index in [2.05, 4.69) is 44.4 Å². The number of aryl methyl sites for hydroxylation is 1. The molecule has 0 bridgehead atoms. The highest BCUT2D eigenvalue weighted by atomic mass is 35.5. The molecule has 1 amide bonds. The van der Waals surface area contributed by atoms with Gasteiger partial charge in [0.05, 0.1) is 13.1 Å². The predicted molar refractivity (Wildman–Crippen MR) is 98.9 cm³/mol. The first-order valence-corrected chi connectivity index (χ1v) is 8.39. The number of carbonyl (C=O) groups excluding carboxylic acids is 1. The number of quaternary nitrogens is 1. The molecular formula is C21H25ClN2O. The van der Waals surface area contributed by atoms with Crippen molar-refractivity contribution in [1.29, 1.82) is 0 Å². The number of hydrogen-bond acceptors (Lipinski definition) is 1. The second-order valence-corrected chi connectivity index (χ2v) is 7.26. The Kier molecular flexibility index (Phi) is 5.71. The average molecular weight is 357 g/mol. The van der Waals surface area contributed by atoms with Crippen LogP contribution >= 0.6 is 0 Å². The second-order valence-electron chi connectivity index (χ2n) is 7.26. The molecule has 2 aromatic rings. The van der Waals surface area contributed by atoms with Gasteiger partial charge in [0.15, 0.2) is 0 Å². The lowest BCUT2D eigenvalue weighted by Crippen LogP contribution is -3.15. The smallest absolute Gasteiger partial charge is 0.254 e. The van der Waals surface area contributed by atoms with Gasteiger partial charge in [-0.25, -0.2) is 0 Å².